The van der Waals surface area contributed by atoms with Gasteiger partial charge in [0.1, 0.15) is 0 Å². The number of ether oxygens (including phenoxy) is 2. The molecule has 2 heteroatoms. The third-order valence-electron chi connectivity index (χ3n) is 2.97. The average molecular weight is 168 g/mol. The van der Waals surface area contributed by atoms with E-state index in [9.17, 15) is 0 Å². The molecular weight excluding hydrogens is 152 g/mol. The molecule has 1 saturated heterocycles. The number of hydrogen-bond acceptors (Lipinski definition) is 2. The first-order chi connectivity index (χ1) is 5.72. The lowest BCUT2D eigenvalue weighted by atomic mass is 9.83. The van der Waals surface area contributed by atoms with E-state index < -0.39 is 0 Å². The standard InChI is InChI=1S/C10H16O2/c1-8-3-4-10(7-9(8)2)11-5-6-12-10/h8H,2-7H2,1H3. The summed E-state index contributed by atoms with van der Waals surface area (Å²) in [5, 5.41) is 0. The molecule has 1 unspecified atom stereocenters. The van der Waals surface area contributed by atoms with Crippen LogP contribution in [0.25, 0.3) is 0 Å². The SMILES string of the molecule is C=C1CC2(CCC1C)OCCO2. The Morgan fingerprint density at radius 1 is 1.42 bits per heavy atom. The van der Waals surface area contributed by atoms with E-state index >= 15 is 0 Å². The van der Waals surface area contributed by atoms with E-state index in [4.69, 9.17) is 9.47 Å². The zero-order valence-corrected chi connectivity index (χ0v) is 7.64. The minimum absolute atomic E-state index is 0.274. The molecule has 2 fully saturated rings. The fraction of sp³-hybridized carbons (Fsp3) is 0.800. The van der Waals surface area contributed by atoms with Gasteiger partial charge in [-0.05, 0) is 12.3 Å². The van der Waals surface area contributed by atoms with Gasteiger partial charge in [0.05, 0.1) is 13.2 Å². The summed E-state index contributed by atoms with van der Waals surface area (Å²) in [6, 6.07) is 0. The van der Waals surface area contributed by atoms with E-state index in [0.29, 0.717) is 5.92 Å². The van der Waals surface area contributed by atoms with Crippen LogP contribution >= 0.6 is 0 Å². The van der Waals surface area contributed by atoms with Gasteiger partial charge in [-0.1, -0.05) is 19.1 Å². The van der Waals surface area contributed by atoms with Crippen molar-refractivity contribution >= 4 is 0 Å². The Morgan fingerprint density at radius 2 is 2.08 bits per heavy atom. The summed E-state index contributed by atoms with van der Waals surface area (Å²) < 4.78 is 11.2. The summed E-state index contributed by atoms with van der Waals surface area (Å²) in [6.07, 6.45) is 3.08. The van der Waals surface area contributed by atoms with Gasteiger partial charge in [-0.2, -0.15) is 0 Å². The van der Waals surface area contributed by atoms with Crippen LogP contribution in [0.3, 0.4) is 0 Å². The summed E-state index contributed by atoms with van der Waals surface area (Å²) >= 11 is 0. The number of hydrogen-bond donors (Lipinski definition) is 0. The fourth-order valence-electron chi connectivity index (χ4n) is 1.99. The van der Waals surface area contributed by atoms with Crippen LogP contribution in [-0.2, 0) is 9.47 Å². The molecule has 2 aliphatic rings. The first-order valence-electron chi connectivity index (χ1n) is 4.67. The van der Waals surface area contributed by atoms with Gasteiger partial charge in [0.2, 0.25) is 0 Å². The third-order valence-corrected chi connectivity index (χ3v) is 2.97. The zero-order chi connectivity index (χ0) is 8.60. The smallest absolute Gasteiger partial charge is 0.172 e. The normalized spacial score (nSPS) is 34.4. The van der Waals surface area contributed by atoms with E-state index in [1.807, 2.05) is 0 Å². The van der Waals surface area contributed by atoms with Crippen LogP contribution in [0, 0.1) is 5.92 Å². The largest absolute Gasteiger partial charge is 0.347 e. The summed E-state index contributed by atoms with van der Waals surface area (Å²) in [4.78, 5) is 0. The summed E-state index contributed by atoms with van der Waals surface area (Å²) in [7, 11) is 0. The molecule has 1 heterocycles. The van der Waals surface area contributed by atoms with Crippen LogP contribution in [0.5, 0.6) is 0 Å². The Kier molecular flexibility index (Phi) is 1.97. The lowest BCUT2D eigenvalue weighted by molar-refractivity contribution is -0.170. The summed E-state index contributed by atoms with van der Waals surface area (Å²) in [5.74, 6) is 0.368. The molecule has 0 aromatic carbocycles. The van der Waals surface area contributed by atoms with Gasteiger partial charge in [0.25, 0.3) is 0 Å². The van der Waals surface area contributed by atoms with Crippen molar-refractivity contribution in [2.45, 2.75) is 32.0 Å². The first kappa shape index (κ1) is 8.27. The van der Waals surface area contributed by atoms with Crippen molar-refractivity contribution in [1.29, 1.82) is 0 Å². The average Bonchev–Trinajstić information content (AvgIpc) is 2.47. The lowest BCUT2D eigenvalue weighted by Gasteiger charge is -2.35. The molecule has 1 aliphatic heterocycles. The Balaban J connectivity index is 2.06. The molecule has 1 aliphatic carbocycles. The molecule has 2 rings (SSSR count). The Hall–Kier alpha value is -0.340. The predicted octanol–water partition coefficient (Wildman–Crippen LogP) is 2.11. The molecule has 1 spiro atoms. The van der Waals surface area contributed by atoms with Crippen LogP contribution < -0.4 is 0 Å². The van der Waals surface area contributed by atoms with E-state index in [1.165, 1.54) is 5.57 Å². The van der Waals surface area contributed by atoms with Crippen molar-refractivity contribution in [3.05, 3.63) is 12.2 Å². The van der Waals surface area contributed by atoms with Crippen LogP contribution in [0.1, 0.15) is 26.2 Å². The van der Waals surface area contributed by atoms with Crippen LogP contribution in [0.4, 0.5) is 0 Å². The third kappa shape index (κ3) is 1.29. The van der Waals surface area contributed by atoms with Gasteiger partial charge in [-0.25, -0.2) is 0 Å². The molecule has 2 nitrogen and oxygen atoms in total. The molecule has 12 heavy (non-hydrogen) atoms. The molecule has 1 atom stereocenters. The quantitative estimate of drug-likeness (QED) is 0.516. The van der Waals surface area contributed by atoms with E-state index in [-0.39, 0.29) is 5.79 Å². The highest BCUT2D eigenvalue weighted by Crippen LogP contribution is 2.40. The topological polar surface area (TPSA) is 18.5 Å². The van der Waals surface area contributed by atoms with Crippen LogP contribution in [-0.4, -0.2) is 19.0 Å². The molecule has 0 amide bonds. The molecular formula is C10H16O2. The van der Waals surface area contributed by atoms with Crippen molar-refractivity contribution < 1.29 is 9.47 Å². The molecule has 68 valence electrons. The summed E-state index contributed by atoms with van der Waals surface area (Å²) in [6.45, 7) is 7.78. The van der Waals surface area contributed by atoms with E-state index in [1.54, 1.807) is 0 Å². The second-order valence-corrected chi connectivity index (χ2v) is 3.88. The van der Waals surface area contributed by atoms with Gasteiger partial charge in [-0.3, -0.25) is 0 Å². The van der Waals surface area contributed by atoms with Crippen molar-refractivity contribution in [1.82, 2.24) is 0 Å². The Morgan fingerprint density at radius 3 is 2.67 bits per heavy atom. The second-order valence-electron chi connectivity index (χ2n) is 3.88. The maximum atomic E-state index is 5.62. The van der Waals surface area contributed by atoms with E-state index in [2.05, 4.69) is 13.5 Å². The number of rotatable bonds is 0. The van der Waals surface area contributed by atoms with E-state index in [0.717, 1.165) is 32.5 Å². The molecule has 1 saturated carbocycles. The van der Waals surface area contributed by atoms with Crippen LogP contribution in [0.2, 0.25) is 0 Å². The maximum absolute atomic E-state index is 5.62. The summed E-state index contributed by atoms with van der Waals surface area (Å²) in [5.41, 5.74) is 1.28. The van der Waals surface area contributed by atoms with Gasteiger partial charge < -0.3 is 9.47 Å². The molecule has 0 aromatic heterocycles. The minimum atomic E-state index is -0.274. The van der Waals surface area contributed by atoms with Crippen molar-refractivity contribution in [3.63, 3.8) is 0 Å². The van der Waals surface area contributed by atoms with Crippen molar-refractivity contribution in [3.8, 4) is 0 Å². The first-order valence-corrected chi connectivity index (χ1v) is 4.67. The highest BCUT2D eigenvalue weighted by molar-refractivity contribution is 5.07. The highest BCUT2D eigenvalue weighted by Gasteiger charge is 2.40. The molecule has 0 bridgehead atoms. The Bertz CT molecular complexity index is 192. The second kappa shape index (κ2) is 2.86. The monoisotopic (exact) mass is 168 g/mol. The molecule has 0 N–H and O–H groups in total. The van der Waals surface area contributed by atoms with Gasteiger partial charge in [0, 0.05) is 12.8 Å². The van der Waals surface area contributed by atoms with Crippen molar-refractivity contribution in [2.75, 3.05) is 13.2 Å². The lowest BCUT2D eigenvalue weighted by Crippen LogP contribution is -2.35. The highest BCUT2D eigenvalue weighted by atomic mass is 16.7. The van der Waals surface area contributed by atoms with Gasteiger partial charge >= 0.3 is 0 Å². The molecule has 0 aromatic rings. The minimum Gasteiger partial charge on any atom is -0.347 e. The maximum Gasteiger partial charge on any atom is 0.172 e. The predicted molar refractivity (Wildman–Crippen MR) is 46.8 cm³/mol. The van der Waals surface area contributed by atoms with Crippen LogP contribution in [0.15, 0.2) is 12.2 Å². The van der Waals surface area contributed by atoms with Gasteiger partial charge in [0.15, 0.2) is 5.79 Å². The zero-order valence-electron chi connectivity index (χ0n) is 7.64. The fourth-order valence-corrected chi connectivity index (χ4v) is 1.99. The van der Waals surface area contributed by atoms with Crippen molar-refractivity contribution in [2.24, 2.45) is 5.92 Å². The molecule has 0 radical (unpaired) electrons. The Labute approximate surface area is 73.5 Å². The van der Waals surface area contributed by atoms with Gasteiger partial charge in [-0.15, -0.1) is 0 Å².